The van der Waals surface area contributed by atoms with E-state index in [9.17, 15) is 4.79 Å². The van der Waals surface area contributed by atoms with Crippen LogP contribution in [0.3, 0.4) is 0 Å². The second-order valence-corrected chi connectivity index (χ2v) is 4.96. The fourth-order valence-corrected chi connectivity index (χ4v) is 2.14. The molecule has 0 fully saturated rings. The fraction of sp³-hybridized carbons (Fsp3) is 0.417. The molecule has 1 rings (SSSR count). The molecule has 1 amide bonds. The molecule has 16 heavy (non-hydrogen) atoms. The molecular formula is C12H17NO2S. The molecule has 0 unspecified atom stereocenters. The van der Waals surface area contributed by atoms with Gasteiger partial charge in [0, 0.05) is 19.0 Å². The molecule has 1 N–H and O–H groups in total. The van der Waals surface area contributed by atoms with Gasteiger partial charge >= 0.3 is 0 Å². The molecular weight excluding hydrogens is 222 g/mol. The zero-order valence-corrected chi connectivity index (χ0v) is 10.9. The van der Waals surface area contributed by atoms with Crippen molar-refractivity contribution in [3.8, 4) is 0 Å². The molecule has 0 aliphatic heterocycles. The van der Waals surface area contributed by atoms with Gasteiger partial charge in [0.15, 0.2) is 0 Å². The monoisotopic (exact) mass is 239 g/mol. The lowest BCUT2D eigenvalue weighted by molar-refractivity contribution is 0.241. The Morgan fingerprint density at radius 3 is 2.44 bits per heavy atom. The number of aliphatic hydroxyl groups excluding tert-OH is 1. The van der Waals surface area contributed by atoms with Gasteiger partial charge < -0.3 is 10.0 Å². The second kappa shape index (κ2) is 5.37. The highest BCUT2D eigenvalue weighted by molar-refractivity contribution is 8.13. The number of aryl methyl sites for hydroxylation is 2. The van der Waals surface area contributed by atoms with Crippen LogP contribution in [0.1, 0.15) is 16.7 Å². The summed E-state index contributed by atoms with van der Waals surface area (Å²) in [5, 5.41) is 9.14. The SMILES string of the molecule is Cc1cc(SC(=O)N(C)C)c(C)cc1CO. The van der Waals surface area contributed by atoms with Crippen LogP contribution in [0.4, 0.5) is 4.79 Å². The maximum atomic E-state index is 11.6. The van der Waals surface area contributed by atoms with Crippen LogP contribution < -0.4 is 0 Å². The second-order valence-electron chi connectivity index (χ2n) is 3.96. The van der Waals surface area contributed by atoms with Crippen LogP contribution in [-0.2, 0) is 6.61 Å². The van der Waals surface area contributed by atoms with E-state index in [2.05, 4.69) is 0 Å². The smallest absolute Gasteiger partial charge is 0.285 e. The minimum absolute atomic E-state index is 0.0132. The molecule has 0 atom stereocenters. The van der Waals surface area contributed by atoms with E-state index < -0.39 is 0 Å². The van der Waals surface area contributed by atoms with Crippen molar-refractivity contribution in [1.29, 1.82) is 0 Å². The van der Waals surface area contributed by atoms with Crippen LogP contribution in [0.15, 0.2) is 17.0 Å². The van der Waals surface area contributed by atoms with Crippen LogP contribution in [-0.4, -0.2) is 29.3 Å². The van der Waals surface area contributed by atoms with Gasteiger partial charge in [-0.1, -0.05) is 6.07 Å². The molecule has 1 aromatic carbocycles. The Morgan fingerprint density at radius 1 is 1.31 bits per heavy atom. The van der Waals surface area contributed by atoms with E-state index in [1.807, 2.05) is 26.0 Å². The van der Waals surface area contributed by atoms with E-state index in [1.54, 1.807) is 19.0 Å². The number of rotatable bonds is 2. The molecule has 0 saturated carbocycles. The van der Waals surface area contributed by atoms with E-state index in [0.29, 0.717) is 0 Å². The Balaban J connectivity index is 2.98. The van der Waals surface area contributed by atoms with Crippen molar-refractivity contribution in [3.63, 3.8) is 0 Å². The van der Waals surface area contributed by atoms with Gasteiger partial charge in [0.2, 0.25) is 0 Å². The predicted molar refractivity (Wildman–Crippen MR) is 66.8 cm³/mol. The summed E-state index contributed by atoms with van der Waals surface area (Å²) in [7, 11) is 3.47. The summed E-state index contributed by atoms with van der Waals surface area (Å²) in [5.41, 5.74) is 2.95. The van der Waals surface area contributed by atoms with Crippen LogP contribution in [0.25, 0.3) is 0 Å². The third-order valence-corrected chi connectivity index (χ3v) is 3.57. The number of nitrogens with zero attached hydrogens (tertiary/aromatic N) is 1. The van der Waals surface area contributed by atoms with E-state index in [-0.39, 0.29) is 11.8 Å². The van der Waals surface area contributed by atoms with Crippen molar-refractivity contribution in [2.24, 2.45) is 0 Å². The number of thioether (sulfide) groups is 1. The lowest BCUT2D eigenvalue weighted by atomic mass is 10.1. The first-order valence-electron chi connectivity index (χ1n) is 5.05. The first-order valence-corrected chi connectivity index (χ1v) is 5.87. The third-order valence-electron chi connectivity index (χ3n) is 2.37. The lowest BCUT2D eigenvalue weighted by Crippen LogP contribution is -2.16. The molecule has 4 heteroatoms. The number of amides is 1. The Labute approximate surface area is 100 Å². The van der Waals surface area contributed by atoms with Crippen molar-refractivity contribution >= 4 is 17.0 Å². The molecule has 0 aromatic heterocycles. The third kappa shape index (κ3) is 3.00. The first-order chi connectivity index (χ1) is 7.45. The summed E-state index contributed by atoms with van der Waals surface area (Å²) >= 11 is 1.22. The Hall–Kier alpha value is -1.00. The summed E-state index contributed by atoms with van der Waals surface area (Å²) in [6, 6.07) is 3.88. The molecule has 0 aliphatic carbocycles. The molecule has 0 heterocycles. The number of hydrogen-bond donors (Lipinski definition) is 1. The fourth-order valence-electron chi connectivity index (χ4n) is 1.32. The highest BCUT2D eigenvalue weighted by Crippen LogP contribution is 2.27. The van der Waals surface area contributed by atoms with E-state index in [4.69, 9.17) is 5.11 Å². The summed E-state index contributed by atoms with van der Waals surface area (Å²) in [5.74, 6) is 0. The van der Waals surface area contributed by atoms with Gasteiger partial charge in [-0.2, -0.15) is 0 Å². The summed E-state index contributed by atoms with van der Waals surface area (Å²) in [4.78, 5) is 14.1. The van der Waals surface area contributed by atoms with Crippen molar-refractivity contribution in [2.45, 2.75) is 25.3 Å². The molecule has 0 saturated heterocycles. The first kappa shape index (κ1) is 13.1. The molecule has 0 bridgehead atoms. The summed E-state index contributed by atoms with van der Waals surface area (Å²) in [6.07, 6.45) is 0. The summed E-state index contributed by atoms with van der Waals surface area (Å²) < 4.78 is 0. The van der Waals surface area contributed by atoms with E-state index >= 15 is 0 Å². The quantitative estimate of drug-likeness (QED) is 0.806. The van der Waals surface area contributed by atoms with Crippen molar-refractivity contribution in [3.05, 3.63) is 28.8 Å². The number of aliphatic hydroxyl groups is 1. The molecule has 3 nitrogen and oxygen atoms in total. The van der Waals surface area contributed by atoms with E-state index in [0.717, 1.165) is 21.6 Å². The van der Waals surface area contributed by atoms with Gasteiger partial charge in [0.1, 0.15) is 0 Å². The Bertz CT molecular complexity index is 402. The minimum Gasteiger partial charge on any atom is -0.392 e. The van der Waals surface area contributed by atoms with Gasteiger partial charge in [-0.25, -0.2) is 0 Å². The van der Waals surface area contributed by atoms with Crippen molar-refractivity contribution in [2.75, 3.05) is 14.1 Å². The van der Waals surface area contributed by atoms with E-state index in [1.165, 1.54) is 11.8 Å². The van der Waals surface area contributed by atoms with Gasteiger partial charge in [0.25, 0.3) is 5.24 Å². The normalized spacial score (nSPS) is 10.3. The molecule has 0 radical (unpaired) electrons. The highest BCUT2D eigenvalue weighted by Gasteiger charge is 2.10. The topological polar surface area (TPSA) is 40.5 Å². The minimum atomic E-state index is 0.0132. The van der Waals surface area contributed by atoms with Crippen LogP contribution in [0.5, 0.6) is 0 Å². The number of benzene rings is 1. The van der Waals surface area contributed by atoms with Crippen LogP contribution in [0.2, 0.25) is 0 Å². The molecule has 0 aliphatic rings. The molecule has 88 valence electrons. The highest BCUT2D eigenvalue weighted by atomic mass is 32.2. The van der Waals surface area contributed by atoms with Gasteiger partial charge in [-0.3, -0.25) is 4.79 Å². The maximum Gasteiger partial charge on any atom is 0.285 e. The predicted octanol–water partition coefficient (Wildman–Crippen LogP) is 2.57. The summed E-state index contributed by atoms with van der Waals surface area (Å²) in [6.45, 7) is 3.93. The van der Waals surface area contributed by atoms with Crippen LogP contribution >= 0.6 is 11.8 Å². The van der Waals surface area contributed by atoms with Gasteiger partial charge in [-0.15, -0.1) is 0 Å². The van der Waals surface area contributed by atoms with Crippen molar-refractivity contribution < 1.29 is 9.90 Å². The average Bonchev–Trinajstić information content (AvgIpc) is 2.22. The van der Waals surface area contributed by atoms with Gasteiger partial charge in [-0.05, 0) is 48.4 Å². The average molecular weight is 239 g/mol. The Morgan fingerprint density at radius 2 is 1.94 bits per heavy atom. The number of carbonyl (C=O) groups excluding carboxylic acids is 1. The Kier molecular flexibility index (Phi) is 4.38. The van der Waals surface area contributed by atoms with Crippen molar-refractivity contribution in [1.82, 2.24) is 4.90 Å². The van der Waals surface area contributed by atoms with Gasteiger partial charge in [0.05, 0.1) is 6.61 Å². The molecule has 0 spiro atoms. The largest absolute Gasteiger partial charge is 0.392 e. The standard InChI is InChI=1S/C12H17NO2S/c1-8-6-11(16-12(15)13(3)4)9(2)5-10(8)7-14/h5-6,14H,7H2,1-4H3. The number of hydrogen-bond acceptors (Lipinski definition) is 3. The lowest BCUT2D eigenvalue weighted by Gasteiger charge is -2.13. The van der Waals surface area contributed by atoms with Crippen LogP contribution in [0, 0.1) is 13.8 Å². The number of carbonyl (C=O) groups is 1. The zero-order valence-electron chi connectivity index (χ0n) is 10.1. The molecule has 1 aromatic rings. The zero-order chi connectivity index (χ0) is 12.3. The maximum absolute atomic E-state index is 11.6.